The lowest BCUT2D eigenvalue weighted by Gasteiger charge is -2.30. The van der Waals surface area contributed by atoms with E-state index in [4.69, 9.17) is 5.73 Å². The number of alkyl halides is 3. The summed E-state index contributed by atoms with van der Waals surface area (Å²) < 4.78 is 39.2. The predicted molar refractivity (Wildman–Crippen MR) is 71.1 cm³/mol. The Bertz CT molecular complexity index is 756. The van der Waals surface area contributed by atoms with Crippen LogP contribution in [0.4, 0.5) is 13.2 Å². The van der Waals surface area contributed by atoms with E-state index in [1.807, 2.05) is 13.8 Å². The zero-order valence-electron chi connectivity index (χ0n) is 12.0. The minimum absolute atomic E-state index is 0.115. The smallest absolute Gasteiger partial charge is 0.364 e. The highest BCUT2D eigenvalue weighted by molar-refractivity contribution is 5.95. The molecule has 2 heterocycles. The molecule has 0 aromatic carbocycles. The van der Waals surface area contributed by atoms with E-state index in [1.165, 1.54) is 6.20 Å². The molecule has 9 heteroatoms. The van der Waals surface area contributed by atoms with Crippen LogP contribution in [-0.2, 0) is 18.4 Å². The Morgan fingerprint density at radius 2 is 2.18 bits per heavy atom. The van der Waals surface area contributed by atoms with Crippen molar-refractivity contribution in [1.82, 2.24) is 20.0 Å². The topological polar surface area (TPSA) is 89.6 Å². The molecule has 0 bridgehead atoms. The molecular weight excluding hydrogens is 299 g/mol. The normalized spacial score (nSPS) is 16.2. The minimum atomic E-state index is -4.46. The Hall–Kier alpha value is -2.32. The zero-order valence-corrected chi connectivity index (χ0v) is 12.0. The number of aromatic nitrogens is 4. The van der Waals surface area contributed by atoms with Crippen LogP contribution in [0.15, 0.2) is 6.20 Å². The maximum Gasteiger partial charge on any atom is 0.408 e. The van der Waals surface area contributed by atoms with Gasteiger partial charge in [0.25, 0.3) is 5.91 Å². The number of halogens is 3. The molecular formula is C13H14F3N5O. The Balaban J connectivity index is 2.31. The van der Waals surface area contributed by atoms with Crippen molar-refractivity contribution >= 4 is 5.91 Å². The third-order valence-corrected chi connectivity index (χ3v) is 3.78. The van der Waals surface area contributed by atoms with Crippen molar-refractivity contribution in [2.24, 2.45) is 5.73 Å². The molecule has 118 valence electrons. The monoisotopic (exact) mass is 313 g/mol. The number of primary amides is 1. The molecule has 22 heavy (non-hydrogen) atoms. The second-order valence-corrected chi connectivity index (χ2v) is 6.03. The highest BCUT2D eigenvalue weighted by Gasteiger charge is 2.41. The summed E-state index contributed by atoms with van der Waals surface area (Å²) in [5, 5.41) is 10.5. The molecule has 0 saturated heterocycles. The number of rotatable bonds is 2. The van der Waals surface area contributed by atoms with Gasteiger partial charge in [-0.3, -0.25) is 14.6 Å². The number of carbonyl (C=O) groups is 1. The van der Waals surface area contributed by atoms with Crippen LogP contribution in [0.1, 0.15) is 35.6 Å². The summed E-state index contributed by atoms with van der Waals surface area (Å²) in [6.45, 7) is 2.38. The number of hydrogen-bond donors (Lipinski definition) is 2. The van der Waals surface area contributed by atoms with Gasteiger partial charge in [0.15, 0.2) is 5.69 Å². The molecule has 0 unspecified atom stereocenters. The Labute approximate surface area is 123 Å². The van der Waals surface area contributed by atoms with Gasteiger partial charge in [0, 0.05) is 16.8 Å². The Kier molecular flexibility index (Phi) is 2.88. The highest BCUT2D eigenvalue weighted by atomic mass is 19.4. The maximum atomic E-state index is 12.8. The van der Waals surface area contributed by atoms with Crippen LogP contribution >= 0.6 is 0 Å². The Morgan fingerprint density at radius 3 is 2.77 bits per heavy atom. The third kappa shape index (κ3) is 2.16. The van der Waals surface area contributed by atoms with E-state index >= 15 is 0 Å². The van der Waals surface area contributed by atoms with Crippen molar-refractivity contribution in [3.8, 4) is 11.3 Å². The van der Waals surface area contributed by atoms with Gasteiger partial charge in [-0.25, -0.2) is 0 Å². The van der Waals surface area contributed by atoms with Crippen LogP contribution in [0.25, 0.3) is 11.3 Å². The van der Waals surface area contributed by atoms with Crippen LogP contribution in [0, 0.1) is 0 Å². The van der Waals surface area contributed by atoms with Gasteiger partial charge in [0.1, 0.15) is 6.54 Å². The number of nitrogens with one attached hydrogen (secondary N) is 1. The average Bonchev–Trinajstić information content (AvgIpc) is 2.90. The number of fused-ring (bicyclic) bond motifs is 3. The van der Waals surface area contributed by atoms with E-state index in [9.17, 15) is 18.0 Å². The molecule has 2 aromatic rings. The molecule has 0 atom stereocenters. The first-order chi connectivity index (χ1) is 10.1. The molecule has 3 N–H and O–H groups in total. The van der Waals surface area contributed by atoms with E-state index in [0.717, 1.165) is 10.4 Å². The quantitative estimate of drug-likeness (QED) is 0.885. The van der Waals surface area contributed by atoms with Crippen LogP contribution in [0.2, 0.25) is 0 Å². The van der Waals surface area contributed by atoms with Gasteiger partial charge in [-0.1, -0.05) is 13.8 Å². The first-order valence-corrected chi connectivity index (χ1v) is 6.60. The van der Waals surface area contributed by atoms with Gasteiger partial charge in [0.2, 0.25) is 0 Å². The van der Waals surface area contributed by atoms with Crippen LogP contribution < -0.4 is 5.73 Å². The van der Waals surface area contributed by atoms with Gasteiger partial charge in [-0.05, 0) is 11.8 Å². The molecule has 0 radical (unpaired) electrons. The van der Waals surface area contributed by atoms with E-state index < -0.39 is 24.0 Å². The number of nitrogens with zero attached hydrogens (tertiary/aromatic N) is 3. The maximum absolute atomic E-state index is 12.8. The molecule has 0 aliphatic heterocycles. The fourth-order valence-electron chi connectivity index (χ4n) is 3.02. The van der Waals surface area contributed by atoms with Gasteiger partial charge in [0.05, 0.1) is 11.9 Å². The highest BCUT2D eigenvalue weighted by Crippen LogP contribution is 2.44. The SMILES string of the molecule is CC1(C)Cc2[nH]ncc2-c2c1c(C(N)=O)nn2CC(F)(F)F. The van der Waals surface area contributed by atoms with Crippen LogP contribution in [0.3, 0.4) is 0 Å². The molecule has 0 fully saturated rings. The van der Waals surface area contributed by atoms with E-state index in [2.05, 4.69) is 15.3 Å². The molecule has 1 aliphatic rings. The predicted octanol–water partition coefficient (Wildman–Crippen LogP) is 1.77. The van der Waals surface area contributed by atoms with Crippen molar-refractivity contribution in [2.45, 2.75) is 38.4 Å². The lowest BCUT2D eigenvalue weighted by atomic mass is 9.73. The molecule has 1 amide bonds. The summed E-state index contributed by atoms with van der Waals surface area (Å²) in [4.78, 5) is 11.6. The lowest BCUT2D eigenvalue weighted by molar-refractivity contribution is -0.142. The fraction of sp³-hybridized carbons (Fsp3) is 0.462. The largest absolute Gasteiger partial charge is 0.408 e. The average molecular weight is 313 g/mol. The number of aromatic amines is 1. The van der Waals surface area contributed by atoms with Gasteiger partial charge in [-0.2, -0.15) is 23.4 Å². The second kappa shape index (κ2) is 4.34. The van der Waals surface area contributed by atoms with Gasteiger partial charge < -0.3 is 5.73 Å². The lowest BCUT2D eigenvalue weighted by Crippen LogP contribution is -2.29. The summed E-state index contributed by atoms with van der Waals surface area (Å²) in [6, 6.07) is 0. The number of nitrogens with two attached hydrogens (primary N) is 1. The van der Waals surface area contributed by atoms with Crippen molar-refractivity contribution in [3.05, 3.63) is 23.1 Å². The standard InChI is InChI=1S/C13H14F3N5O/c1-12(2)3-7-6(4-18-19-7)10-8(12)9(11(17)22)20-21(10)5-13(14,15)16/h4H,3,5H2,1-2H3,(H2,17,22)(H,18,19). The molecule has 0 spiro atoms. The fourth-order valence-corrected chi connectivity index (χ4v) is 3.02. The first-order valence-electron chi connectivity index (χ1n) is 6.60. The summed E-state index contributed by atoms with van der Waals surface area (Å²) in [6.07, 6.45) is -2.50. The van der Waals surface area contributed by atoms with Crippen molar-refractivity contribution in [1.29, 1.82) is 0 Å². The summed E-state index contributed by atoms with van der Waals surface area (Å²) >= 11 is 0. The van der Waals surface area contributed by atoms with Crippen molar-refractivity contribution in [3.63, 3.8) is 0 Å². The van der Waals surface area contributed by atoms with Crippen molar-refractivity contribution in [2.75, 3.05) is 0 Å². The minimum Gasteiger partial charge on any atom is -0.364 e. The number of amides is 1. The van der Waals surface area contributed by atoms with E-state index in [-0.39, 0.29) is 11.4 Å². The molecule has 2 aromatic heterocycles. The molecule has 3 rings (SSSR count). The zero-order chi connectivity index (χ0) is 16.3. The second-order valence-electron chi connectivity index (χ2n) is 6.03. The molecule has 0 saturated carbocycles. The third-order valence-electron chi connectivity index (χ3n) is 3.78. The Morgan fingerprint density at radius 1 is 1.50 bits per heavy atom. The first kappa shape index (κ1) is 14.6. The summed E-state index contributed by atoms with van der Waals surface area (Å²) in [5.41, 5.74) is 6.56. The van der Waals surface area contributed by atoms with E-state index in [0.29, 0.717) is 17.5 Å². The van der Waals surface area contributed by atoms with Crippen LogP contribution in [-0.4, -0.2) is 32.1 Å². The molecule has 6 nitrogen and oxygen atoms in total. The van der Waals surface area contributed by atoms with Crippen molar-refractivity contribution < 1.29 is 18.0 Å². The van der Waals surface area contributed by atoms with Crippen LogP contribution in [0.5, 0.6) is 0 Å². The summed E-state index contributed by atoms with van der Waals surface area (Å²) in [5.74, 6) is -0.836. The molecule has 1 aliphatic carbocycles. The number of carbonyl (C=O) groups excluding carboxylic acids is 1. The number of H-pyrrole nitrogens is 1. The van der Waals surface area contributed by atoms with E-state index in [1.54, 1.807) is 0 Å². The summed E-state index contributed by atoms with van der Waals surface area (Å²) in [7, 11) is 0. The van der Waals surface area contributed by atoms with Gasteiger partial charge >= 0.3 is 6.18 Å². The van der Waals surface area contributed by atoms with Gasteiger partial charge in [-0.15, -0.1) is 0 Å². The number of hydrogen-bond acceptors (Lipinski definition) is 3.